The van der Waals surface area contributed by atoms with E-state index in [0.717, 1.165) is 0 Å². The number of ether oxygens (including phenoxy) is 3. The van der Waals surface area contributed by atoms with Crippen molar-refractivity contribution in [3.63, 3.8) is 0 Å². The number of β-lactam (4-membered cyclic amide) rings is 1. The van der Waals surface area contributed by atoms with Gasteiger partial charge in [0.1, 0.15) is 17.3 Å². The first-order chi connectivity index (χ1) is 17.5. The zero-order valence-corrected chi connectivity index (χ0v) is 20.9. The van der Waals surface area contributed by atoms with Crippen LogP contribution in [-0.4, -0.2) is 57.9 Å². The Morgan fingerprint density at radius 1 is 1.16 bits per heavy atom. The van der Waals surface area contributed by atoms with Gasteiger partial charge in [0.25, 0.3) is 0 Å². The molecule has 11 heteroatoms. The van der Waals surface area contributed by atoms with Crippen molar-refractivity contribution in [1.29, 1.82) is 0 Å². The minimum atomic E-state index is -0.882. The van der Waals surface area contributed by atoms with Gasteiger partial charge in [-0.15, -0.1) is 0 Å². The lowest BCUT2D eigenvalue weighted by Crippen LogP contribution is -2.61. The molecule has 3 atom stereocenters. The molecule has 2 aromatic rings. The van der Waals surface area contributed by atoms with Crippen molar-refractivity contribution in [2.24, 2.45) is 11.3 Å². The summed E-state index contributed by atoms with van der Waals surface area (Å²) in [7, 11) is 0. The number of aromatic nitrogens is 1. The molecule has 37 heavy (non-hydrogen) atoms. The molecule has 1 aromatic carbocycles. The molecule has 3 N–H and O–H groups in total. The molecule has 1 aromatic heterocycles. The molecule has 11 nitrogen and oxygen atoms in total. The number of aliphatic hydroxyl groups is 1. The summed E-state index contributed by atoms with van der Waals surface area (Å²) in [6.45, 7) is 5.95. The molecule has 2 aliphatic rings. The van der Waals surface area contributed by atoms with Gasteiger partial charge in [0.2, 0.25) is 12.7 Å². The summed E-state index contributed by atoms with van der Waals surface area (Å²) < 4.78 is 15.5. The lowest BCUT2D eigenvalue weighted by atomic mass is 9.82. The highest BCUT2D eigenvalue weighted by Crippen LogP contribution is 2.47. The molecule has 0 bridgehead atoms. The van der Waals surface area contributed by atoms with E-state index in [2.05, 4.69) is 10.3 Å². The van der Waals surface area contributed by atoms with Gasteiger partial charge in [-0.2, -0.15) is 0 Å². The van der Waals surface area contributed by atoms with Crippen LogP contribution in [0, 0.1) is 11.3 Å². The number of esters is 2. The highest BCUT2D eigenvalue weighted by Gasteiger charge is 2.57. The fourth-order valence-electron chi connectivity index (χ4n) is 4.31. The van der Waals surface area contributed by atoms with E-state index in [4.69, 9.17) is 14.2 Å². The number of hydrogen-bond acceptors (Lipinski definition) is 8. The maximum Gasteiger partial charge on any atom is 0.418 e. The molecule has 196 valence electrons. The first kappa shape index (κ1) is 26.0. The van der Waals surface area contributed by atoms with Crippen LogP contribution in [0.25, 0.3) is 5.57 Å². The monoisotopic (exact) mass is 511 g/mol. The molecule has 0 spiro atoms. The Morgan fingerprint density at radius 3 is 2.46 bits per heavy atom. The number of nitrogens with zero attached hydrogens (tertiary/aromatic N) is 1. The second-order valence-corrected chi connectivity index (χ2v) is 9.93. The normalized spacial score (nSPS) is 19.6. The third-order valence-electron chi connectivity index (χ3n) is 6.16. The molecule has 0 unspecified atom stereocenters. The number of carbonyl (C=O) groups is 4. The molecule has 2 amide bonds. The molecule has 1 fully saturated rings. The van der Waals surface area contributed by atoms with Crippen molar-refractivity contribution in [3.8, 4) is 5.75 Å². The summed E-state index contributed by atoms with van der Waals surface area (Å²) in [4.78, 5) is 54.0. The standard InChI is InChI=1S/C26H29N3O8/c1-14(30)20-18-12-17(15-7-9-16(10-8-15)37-25(34)28-19-6-5-11-27-19)21(29(18)22(20)31)23(32)35-13-36-24(33)26(2,3)4/h5-11,14,18,20,27,30H,12-13H2,1-4H3,(H,28,34)/t14-,18-,20-/m1/s1. The van der Waals surface area contributed by atoms with Gasteiger partial charge in [-0.25, -0.2) is 9.59 Å². The van der Waals surface area contributed by atoms with Crippen LogP contribution in [0.2, 0.25) is 0 Å². The van der Waals surface area contributed by atoms with E-state index in [0.29, 0.717) is 23.4 Å². The van der Waals surface area contributed by atoms with Gasteiger partial charge in [-0.05, 0) is 69.5 Å². The maximum atomic E-state index is 13.0. The molecule has 0 saturated carbocycles. The molecular weight excluding hydrogens is 482 g/mol. The van der Waals surface area contributed by atoms with E-state index in [9.17, 15) is 24.3 Å². The largest absolute Gasteiger partial charge is 0.427 e. The lowest BCUT2D eigenvalue weighted by molar-refractivity contribution is -0.175. The summed E-state index contributed by atoms with van der Waals surface area (Å²) in [5.41, 5.74) is 0.422. The van der Waals surface area contributed by atoms with Crippen LogP contribution in [0.5, 0.6) is 5.75 Å². The van der Waals surface area contributed by atoms with E-state index in [1.54, 1.807) is 63.4 Å². The van der Waals surface area contributed by atoms with Gasteiger partial charge in [0.05, 0.1) is 23.5 Å². The van der Waals surface area contributed by atoms with Crippen LogP contribution < -0.4 is 10.1 Å². The first-order valence-corrected chi connectivity index (χ1v) is 11.8. The van der Waals surface area contributed by atoms with Crippen LogP contribution in [0.1, 0.15) is 39.7 Å². The summed E-state index contributed by atoms with van der Waals surface area (Å²) in [6.07, 6.45) is 0.416. The number of aliphatic hydroxyl groups excluding tert-OH is 1. The first-order valence-electron chi connectivity index (χ1n) is 11.8. The number of fused-ring (bicyclic) bond motifs is 1. The molecule has 0 radical (unpaired) electrons. The zero-order chi connectivity index (χ0) is 26.9. The zero-order valence-electron chi connectivity index (χ0n) is 20.9. The molecule has 3 heterocycles. The Kier molecular flexibility index (Phi) is 7.08. The van der Waals surface area contributed by atoms with Crippen LogP contribution in [0.15, 0.2) is 48.3 Å². The summed E-state index contributed by atoms with van der Waals surface area (Å²) in [5, 5.41) is 12.6. The Bertz CT molecular complexity index is 1230. The third kappa shape index (κ3) is 5.36. The Labute approximate surface area is 213 Å². The predicted molar refractivity (Wildman–Crippen MR) is 131 cm³/mol. The van der Waals surface area contributed by atoms with Crippen molar-refractivity contribution in [2.75, 3.05) is 12.1 Å². The van der Waals surface area contributed by atoms with E-state index >= 15 is 0 Å². The van der Waals surface area contributed by atoms with E-state index in [1.165, 1.54) is 11.8 Å². The number of anilines is 1. The van der Waals surface area contributed by atoms with Gasteiger partial charge >= 0.3 is 18.0 Å². The number of carbonyl (C=O) groups excluding carboxylic acids is 4. The predicted octanol–water partition coefficient (Wildman–Crippen LogP) is 3.04. The average molecular weight is 512 g/mol. The van der Waals surface area contributed by atoms with Gasteiger partial charge in [-0.1, -0.05) is 12.1 Å². The van der Waals surface area contributed by atoms with Crippen molar-refractivity contribution in [3.05, 3.63) is 53.9 Å². The number of rotatable bonds is 7. The third-order valence-corrected chi connectivity index (χ3v) is 6.16. The van der Waals surface area contributed by atoms with Crippen molar-refractivity contribution < 1.29 is 38.5 Å². The summed E-state index contributed by atoms with van der Waals surface area (Å²) >= 11 is 0. The molecule has 2 aliphatic heterocycles. The number of aromatic amines is 1. The molecule has 4 rings (SSSR count). The van der Waals surface area contributed by atoms with Crippen molar-refractivity contribution in [1.82, 2.24) is 9.88 Å². The minimum Gasteiger partial charge on any atom is -0.427 e. The van der Waals surface area contributed by atoms with E-state index < -0.39 is 48.3 Å². The highest BCUT2D eigenvalue weighted by atomic mass is 16.7. The SMILES string of the molecule is C[C@@H](O)[C@H]1C(=O)N2C(C(=O)OCOC(=O)C(C)(C)C)=C(c3ccc(OC(=O)Nc4ccc[nH]4)cc3)C[C@H]12. The fraction of sp³-hybridized carbons (Fsp3) is 0.385. The maximum absolute atomic E-state index is 13.0. The highest BCUT2D eigenvalue weighted by molar-refractivity contribution is 6.06. The number of amides is 2. The molecule has 1 saturated heterocycles. The van der Waals surface area contributed by atoms with Crippen molar-refractivity contribution >= 4 is 35.3 Å². The minimum absolute atomic E-state index is 0.0388. The smallest absolute Gasteiger partial charge is 0.418 e. The van der Waals surface area contributed by atoms with Gasteiger partial charge in [0, 0.05) is 6.20 Å². The van der Waals surface area contributed by atoms with Crippen LogP contribution in [0.3, 0.4) is 0 Å². The Hall–Kier alpha value is -4.12. The van der Waals surface area contributed by atoms with E-state index in [-0.39, 0.29) is 17.4 Å². The summed E-state index contributed by atoms with van der Waals surface area (Å²) in [6, 6.07) is 9.45. The van der Waals surface area contributed by atoms with Gasteiger partial charge in [0.15, 0.2) is 0 Å². The number of hydrogen-bond donors (Lipinski definition) is 3. The van der Waals surface area contributed by atoms with Gasteiger partial charge in [-0.3, -0.25) is 14.9 Å². The van der Waals surface area contributed by atoms with E-state index in [1.807, 2.05) is 0 Å². The fourth-order valence-corrected chi connectivity index (χ4v) is 4.31. The second kappa shape index (κ2) is 10.1. The second-order valence-electron chi connectivity index (χ2n) is 9.93. The quantitative estimate of drug-likeness (QED) is 0.292. The topological polar surface area (TPSA) is 147 Å². The Balaban J connectivity index is 1.51. The summed E-state index contributed by atoms with van der Waals surface area (Å²) in [5.74, 6) is -1.62. The number of H-pyrrole nitrogens is 1. The van der Waals surface area contributed by atoms with Crippen molar-refractivity contribution in [2.45, 2.75) is 46.3 Å². The van der Waals surface area contributed by atoms with Crippen LogP contribution in [-0.2, 0) is 23.9 Å². The van der Waals surface area contributed by atoms with Crippen LogP contribution >= 0.6 is 0 Å². The number of nitrogens with one attached hydrogen (secondary N) is 2. The van der Waals surface area contributed by atoms with Gasteiger partial charge < -0.3 is 29.2 Å². The number of benzene rings is 1. The molecular formula is C26H29N3O8. The van der Waals surface area contributed by atoms with Crippen LogP contribution in [0.4, 0.5) is 10.6 Å². The lowest BCUT2D eigenvalue weighted by Gasteiger charge is -2.44. The average Bonchev–Trinajstić information content (AvgIpc) is 3.44. The Morgan fingerprint density at radius 2 is 1.86 bits per heavy atom. The molecule has 0 aliphatic carbocycles.